The molecule has 148 valence electrons. The second kappa shape index (κ2) is 9.09. The van der Waals surface area contributed by atoms with Crippen LogP contribution in [0.3, 0.4) is 0 Å². The molecular formula is C19H23ClN6O2. The van der Waals surface area contributed by atoms with E-state index in [1.807, 2.05) is 37.2 Å². The van der Waals surface area contributed by atoms with E-state index in [4.69, 9.17) is 9.47 Å². The van der Waals surface area contributed by atoms with Gasteiger partial charge in [0.25, 0.3) is 0 Å². The highest BCUT2D eigenvalue weighted by molar-refractivity contribution is 5.85. The summed E-state index contributed by atoms with van der Waals surface area (Å²) < 4.78 is 11.7. The standard InChI is InChI=1S/C19H22N6O2.ClH/c1-25(2)17-4-3-13(10-23-17)15-9-16-18(22-6-5-21-16)19(24-15)27-12-14-11-20-7-8-26-14;/h3-6,9-10,14,20H,7-8,11-12H2,1-2H3;1H/t14-;/m0./s1. The fourth-order valence-electron chi connectivity index (χ4n) is 2.89. The normalized spacial score (nSPS) is 16.4. The Bertz CT molecular complexity index is 916. The number of anilines is 1. The van der Waals surface area contributed by atoms with Crippen molar-refractivity contribution in [2.75, 3.05) is 45.3 Å². The van der Waals surface area contributed by atoms with Crippen molar-refractivity contribution in [3.05, 3.63) is 36.8 Å². The largest absolute Gasteiger partial charge is 0.473 e. The second-order valence-electron chi connectivity index (χ2n) is 6.54. The number of rotatable bonds is 5. The predicted molar refractivity (Wildman–Crippen MR) is 110 cm³/mol. The summed E-state index contributed by atoms with van der Waals surface area (Å²) in [5.41, 5.74) is 3.02. The molecular weight excluding hydrogens is 380 g/mol. The summed E-state index contributed by atoms with van der Waals surface area (Å²) in [6, 6.07) is 5.85. The van der Waals surface area contributed by atoms with Gasteiger partial charge in [0.05, 0.1) is 17.8 Å². The van der Waals surface area contributed by atoms with Crippen molar-refractivity contribution in [3.63, 3.8) is 0 Å². The molecule has 8 nitrogen and oxygen atoms in total. The van der Waals surface area contributed by atoms with Crippen LogP contribution in [0.5, 0.6) is 5.88 Å². The fourth-order valence-corrected chi connectivity index (χ4v) is 2.89. The number of ether oxygens (including phenoxy) is 2. The highest BCUT2D eigenvalue weighted by atomic mass is 35.5. The summed E-state index contributed by atoms with van der Waals surface area (Å²) >= 11 is 0. The number of halogens is 1. The minimum atomic E-state index is -0.00281. The highest BCUT2D eigenvalue weighted by Gasteiger charge is 2.17. The lowest BCUT2D eigenvalue weighted by Crippen LogP contribution is -2.41. The molecule has 1 aliphatic rings. The van der Waals surface area contributed by atoms with Crippen LogP contribution >= 0.6 is 12.4 Å². The number of nitrogens with one attached hydrogen (secondary N) is 1. The van der Waals surface area contributed by atoms with E-state index < -0.39 is 0 Å². The summed E-state index contributed by atoms with van der Waals surface area (Å²) in [6.07, 6.45) is 5.11. The van der Waals surface area contributed by atoms with Crippen LogP contribution in [0, 0.1) is 0 Å². The quantitative estimate of drug-likeness (QED) is 0.693. The zero-order valence-corrected chi connectivity index (χ0v) is 16.6. The average Bonchev–Trinajstić information content (AvgIpc) is 2.72. The molecule has 1 N–H and O–H groups in total. The van der Waals surface area contributed by atoms with E-state index in [0.29, 0.717) is 24.6 Å². The molecule has 4 rings (SSSR count). The van der Waals surface area contributed by atoms with Crippen LogP contribution in [0.25, 0.3) is 22.3 Å². The third kappa shape index (κ3) is 4.46. The molecule has 3 aromatic rings. The van der Waals surface area contributed by atoms with Crippen molar-refractivity contribution in [3.8, 4) is 17.1 Å². The van der Waals surface area contributed by atoms with Crippen LogP contribution in [-0.2, 0) is 4.74 Å². The van der Waals surface area contributed by atoms with E-state index in [1.54, 1.807) is 18.6 Å². The summed E-state index contributed by atoms with van der Waals surface area (Å²) in [7, 11) is 3.92. The lowest BCUT2D eigenvalue weighted by molar-refractivity contribution is -0.000407. The molecule has 28 heavy (non-hydrogen) atoms. The molecule has 1 fully saturated rings. The number of hydrogen-bond donors (Lipinski definition) is 1. The number of hydrogen-bond acceptors (Lipinski definition) is 8. The molecule has 9 heteroatoms. The van der Waals surface area contributed by atoms with Gasteiger partial charge in [-0.1, -0.05) is 0 Å². The molecule has 0 aliphatic carbocycles. The number of aromatic nitrogens is 4. The summed E-state index contributed by atoms with van der Waals surface area (Å²) in [5.74, 6) is 1.35. The molecule has 0 amide bonds. The molecule has 0 unspecified atom stereocenters. The summed E-state index contributed by atoms with van der Waals surface area (Å²) in [5, 5.41) is 3.29. The molecule has 3 aromatic heterocycles. The number of pyridine rings is 2. The summed E-state index contributed by atoms with van der Waals surface area (Å²) in [4.78, 5) is 19.9. The predicted octanol–water partition coefficient (Wildman–Crippen LogP) is 1.94. The number of morpholine rings is 1. The SMILES string of the molecule is CN(C)c1ccc(-c2cc3nccnc3c(OC[C@@H]3CNCCO3)n2)cn1.Cl. The molecule has 0 bridgehead atoms. The van der Waals surface area contributed by atoms with Gasteiger partial charge in [0.2, 0.25) is 5.88 Å². The minimum Gasteiger partial charge on any atom is -0.473 e. The van der Waals surface area contributed by atoms with Gasteiger partial charge in [-0.05, 0) is 18.2 Å². The first-order chi connectivity index (χ1) is 13.2. The lowest BCUT2D eigenvalue weighted by Gasteiger charge is -2.23. The van der Waals surface area contributed by atoms with Crippen molar-refractivity contribution >= 4 is 29.3 Å². The second-order valence-corrected chi connectivity index (χ2v) is 6.54. The Morgan fingerprint density at radius 3 is 2.79 bits per heavy atom. The van der Waals surface area contributed by atoms with Gasteiger partial charge in [-0.25, -0.2) is 15.0 Å². The van der Waals surface area contributed by atoms with Crippen LogP contribution in [0.15, 0.2) is 36.8 Å². The van der Waals surface area contributed by atoms with Gasteiger partial charge in [-0.2, -0.15) is 0 Å². The van der Waals surface area contributed by atoms with Gasteiger partial charge in [-0.15, -0.1) is 12.4 Å². The first kappa shape index (κ1) is 20.2. The first-order valence-electron chi connectivity index (χ1n) is 8.91. The van der Waals surface area contributed by atoms with Crippen LogP contribution in [0.2, 0.25) is 0 Å². The third-order valence-corrected chi connectivity index (χ3v) is 4.34. The zero-order chi connectivity index (χ0) is 18.6. The van der Waals surface area contributed by atoms with Gasteiger partial charge in [0.1, 0.15) is 18.5 Å². The smallest absolute Gasteiger partial charge is 0.242 e. The first-order valence-corrected chi connectivity index (χ1v) is 8.91. The lowest BCUT2D eigenvalue weighted by atomic mass is 10.1. The van der Waals surface area contributed by atoms with E-state index in [-0.39, 0.29) is 18.5 Å². The van der Waals surface area contributed by atoms with Crippen LogP contribution in [0.4, 0.5) is 5.82 Å². The van der Waals surface area contributed by atoms with Gasteiger partial charge < -0.3 is 19.7 Å². The molecule has 4 heterocycles. The van der Waals surface area contributed by atoms with E-state index in [1.165, 1.54) is 0 Å². The Morgan fingerprint density at radius 1 is 1.21 bits per heavy atom. The van der Waals surface area contributed by atoms with Crippen molar-refractivity contribution < 1.29 is 9.47 Å². The Kier molecular flexibility index (Phi) is 6.56. The number of fused-ring (bicyclic) bond motifs is 1. The molecule has 0 spiro atoms. The fraction of sp³-hybridized carbons (Fsp3) is 0.368. The third-order valence-electron chi connectivity index (χ3n) is 4.34. The van der Waals surface area contributed by atoms with Gasteiger partial charge in [-0.3, -0.25) is 4.98 Å². The molecule has 0 aromatic carbocycles. The maximum atomic E-state index is 5.98. The van der Waals surface area contributed by atoms with Crippen molar-refractivity contribution in [1.82, 2.24) is 25.3 Å². The highest BCUT2D eigenvalue weighted by Crippen LogP contribution is 2.27. The Labute approximate surface area is 169 Å². The summed E-state index contributed by atoms with van der Waals surface area (Å²) in [6.45, 7) is 2.73. The Hall–Kier alpha value is -2.55. The monoisotopic (exact) mass is 402 g/mol. The van der Waals surface area contributed by atoms with E-state index in [2.05, 4.69) is 25.3 Å². The molecule has 1 aliphatic heterocycles. The van der Waals surface area contributed by atoms with Crippen LogP contribution in [0.1, 0.15) is 0 Å². The molecule has 0 saturated carbocycles. The molecule has 1 atom stereocenters. The van der Waals surface area contributed by atoms with Crippen molar-refractivity contribution in [1.29, 1.82) is 0 Å². The Morgan fingerprint density at radius 2 is 2.07 bits per heavy atom. The van der Waals surface area contributed by atoms with Crippen molar-refractivity contribution in [2.24, 2.45) is 0 Å². The van der Waals surface area contributed by atoms with Gasteiger partial charge in [0, 0.05) is 51.3 Å². The molecule has 0 radical (unpaired) electrons. The maximum absolute atomic E-state index is 5.98. The van der Waals surface area contributed by atoms with E-state index in [9.17, 15) is 0 Å². The van der Waals surface area contributed by atoms with E-state index in [0.717, 1.165) is 35.7 Å². The van der Waals surface area contributed by atoms with E-state index >= 15 is 0 Å². The molecule has 1 saturated heterocycles. The van der Waals surface area contributed by atoms with Crippen molar-refractivity contribution in [2.45, 2.75) is 6.10 Å². The topological polar surface area (TPSA) is 85.3 Å². The van der Waals surface area contributed by atoms with Crippen LogP contribution in [-0.4, -0.2) is 66.4 Å². The number of nitrogens with zero attached hydrogens (tertiary/aromatic N) is 5. The Balaban J connectivity index is 0.00000225. The minimum absolute atomic E-state index is 0. The van der Waals surface area contributed by atoms with Gasteiger partial charge in [0.15, 0.2) is 5.52 Å². The average molecular weight is 403 g/mol. The zero-order valence-electron chi connectivity index (χ0n) is 15.8. The van der Waals surface area contributed by atoms with Gasteiger partial charge >= 0.3 is 0 Å². The maximum Gasteiger partial charge on any atom is 0.242 e. The van der Waals surface area contributed by atoms with Crippen LogP contribution < -0.4 is 15.0 Å².